The Morgan fingerprint density at radius 1 is 0.396 bits per heavy atom. The Bertz CT molecular complexity index is 2130. The lowest BCUT2D eigenvalue weighted by atomic mass is 9.95. The highest BCUT2D eigenvalue weighted by Gasteiger charge is 2.59. The molecule has 6 fully saturated rings. The number of hydrogen-bond donors (Lipinski definition) is 10. The first-order chi connectivity index (χ1) is 46.3. The fourth-order valence-corrected chi connectivity index (χ4v) is 13.8. The van der Waals surface area contributed by atoms with Crippen molar-refractivity contribution in [3.63, 3.8) is 0 Å². The van der Waals surface area contributed by atoms with Crippen LogP contribution in [0.1, 0.15) is 253 Å². The molecular formula is C70H124O26. The van der Waals surface area contributed by atoms with E-state index in [9.17, 15) is 65.4 Å². The van der Waals surface area contributed by atoms with Crippen molar-refractivity contribution in [2.45, 2.75) is 413 Å². The number of carbonyl (C=O) groups is 3. The number of esters is 3. The maximum absolute atomic E-state index is 14.4. The zero-order valence-electron chi connectivity index (χ0n) is 58.3. The molecular weight excluding hydrogens is 1260 g/mol. The number of carbonyl (C=O) groups excluding carboxylic acids is 3. The van der Waals surface area contributed by atoms with E-state index < -0.39 is 185 Å². The van der Waals surface area contributed by atoms with Crippen molar-refractivity contribution in [2.75, 3.05) is 13.2 Å². The number of rotatable bonds is 34. The molecule has 0 unspecified atom stereocenters. The minimum Gasteiger partial charge on any atom is -0.457 e. The van der Waals surface area contributed by atoms with Gasteiger partial charge in [0.15, 0.2) is 49.8 Å². The summed E-state index contributed by atoms with van der Waals surface area (Å²) >= 11 is 0. The molecule has 0 aromatic heterocycles. The van der Waals surface area contributed by atoms with E-state index in [1.165, 1.54) is 46.5 Å². The summed E-state index contributed by atoms with van der Waals surface area (Å²) in [6, 6.07) is 0. The van der Waals surface area contributed by atoms with Crippen molar-refractivity contribution in [1.82, 2.24) is 0 Å². The third-order valence-corrected chi connectivity index (χ3v) is 19.7. The van der Waals surface area contributed by atoms with E-state index >= 15 is 0 Å². The lowest BCUT2D eigenvalue weighted by molar-refractivity contribution is -0.400. The van der Waals surface area contributed by atoms with E-state index in [0.29, 0.717) is 38.5 Å². The van der Waals surface area contributed by atoms with Crippen LogP contribution in [0, 0.1) is 0 Å². The molecule has 0 aliphatic carbocycles. The third kappa shape index (κ3) is 25.2. The van der Waals surface area contributed by atoms with Crippen LogP contribution in [0.15, 0.2) is 0 Å². The van der Waals surface area contributed by atoms with E-state index in [1.54, 1.807) is 0 Å². The first-order valence-corrected chi connectivity index (χ1v) is 37.1. The highest BCUT2D eigenvalue weighted by atomic mass is 16.8. The second-order valence-corrected chi connectivity index (χ2v) is 27.7. The summed E-state index contributed by atoms with van der Waals surface area (Å²) in [6.07, 6.45) is -14.1. The molecule has 0 bridgehead atoms. The van der Waals surface area contributed by atoms with Gasteiger partial charge in [-0.3, -0.25) is 14.4 Å². The Hall–Kier alpha value is -2.39. The standard InChI is InChI=1S/C70H124O26/c1-7-10-13-15-17-19-23-27-32-37-48(73)90-59-42(4)84-66(57(82)55(59)80)94-61-44(6)86-70(65(92-50(75)39-34-28-24-20-18-16-14-11-8-2)64(61)96-67-56(81)53(78)51(76)46(40-71)88-67)93-60-43(5)85-68-63(58(60)83)91-49(74)38-33-29-25-21-22-26-31-36-45(35-30-12-9-3)87-69-62(95-68)54(79)52(77)47(41-72)89-69/h42-47,51-72,76-83H,7-41H2,1-6H3/t42-,43-,44-,45-,46+,47+,51+,52+,53-,54-,55-,56+,57+,58+,59-,60-,61-,62+,63+,64+,65+,66-,67-,68-,69+,70-/m0/s1. The molecule has 26 atom stereocenters. The summed E-state index contributed by atoms with van der Waals surface area (Å²) in [7, 11) is 0. The van der Waals surface area contributed by atoms with Crippen molar-refractivity contribution in [2.24, 2.45) is 0 Å². The zero-order chi connectivity index (χ0) is 69.7. The van der Waals surface area contributed by atoms with E-state index in [1.807, 2.05) is 0 Å². The Kier molecular flexibility index (Phi) is 38.0. The molecule has 0 saturated carbocycles. The Morgan fingerprint density at radius 2 is 0.844 bits per heavy atom. The van der Waals surface area contributed by atoms with Crippen molar-refractivity contribution in [3.05, 3.63) is 0 Å². The first kappa shape index (κ1) is 82.6. The van der Waals surface area contributed by atoms with Crippen LogP contribution < -0.4 is 0 Å². The van der Waals surface area contributed by atoms with Gasteiger partial charge in [-0.1, -0.05) is 181 Å². The van der Waals surface area contributed by atoms with Crippen molar-refractivity contribution >= 4 is 17.9 Å². The molecule has 0 amide bonds. The lowest BCUT2D eigenvalue weighted by Crippen LogP contribution is -2.68. The highest BCUT2D eigenvalue weighted by molar-refractivity contribution is 5.70. The average Bonchev–Trinajstić information content (AvgIpc) is 0.775. The monoisotopic (exact) mass is 1380 g/mol. The maximum Gasteiger partial charge on any atom is 0.306 e. The Balaban J connectivity index is 1.31. The van der Waals surface area contributed by atoms with Gasteiger partial charge in [-0.15, -0.1) is 0 Å². The van der Waals surface area contributed by atoms with Crippen LogP contribution in [0.5, 0.6) is 0 Å². The summed E-state index contributed by atoms with van der Waals surface area (Å²) in [6.45, 7) is 9.41. The molecule has 560 valence electrons. The molecule has 0 aromatic carbocycles. The fraction of sp³-hybridized carbons (Fsp3) is 0.957. The molecule has 0 aromatic rings. The summed E-state index contributed by atoms with van der Waals surface area (Å²) in [5.41, 5.74) is 0. The van der Waals surface area contributed by atoms with Gasteiger partial charge in [-0.05, 0) is 52.9 Å². The van der Waals surface area contributed by atoms with Crippen LogP contribution in [0.2, 0.25) is 0 Å². The minimum absolute atomic E-state index is 0.0622. The molecule has 6 aliphatic heterocycles. The molecule has 10 N–H and O–H groups in total. The van der Waals surface area contributed by atoms with E-state index in [2.05, 4.69) is 20.8 Å². The third-order valence-electron chi connectivity index (χ3n) is 19.7. The van der Waals surface area contributed by atoms with E-state index in [4.69, 9.17) is 61.6 Å². The number of hydrogen-bond acceptors (Lipinski definition) is 26. The van der Waals surface area contributed by atoms with Gasteiger partial charge >= 0.3 is 17.9 Å². The van der Waals surface area contributed by atoms with Crippen molar-refractivity contribution in [1.29, 1.82) is 0 Å². The van der Waals surface area contributed by atoms with Gasteiger partial charge in [0, 0.05) is 19.3 Å². The summed E-state index contributed by atoms with van der Waals surface area (Å²) in [5.74, 6) is -2.12. The van der Waals surface area contributed by atoms with Crippen molar-refractivity contribution < 1.29 is 127 Å². The summed E-state index contributed by atoms with van der Waals surface area (Å²) in [5, 5.41) is 113. The van der Waals surface area contributed by atoms with E-state index in [0.717, 1.165) is 128 Å². The van der Waals surface area contributed by atoms with Crippen LogP contribution in [0.4, 0.5) is 0 Å². The van der Waals surface area contributed by atoms with Gasteiger partial charge in [0.2, 0.25) is 0 Å². The molecule has 96 heavy (non-hydrogen) atoms. The number of unbranched alkanes of at least 4 members (excludes halogenated alkanes) is 18. The van der Waals surface area contributed by atoms with E-state index in [-0.39, 0.29) is 25.4 Å². The maximum atomic E-state index is 14.4. The predicted molar refractivity (Wildman–Crippen MR) is 346 cm³/mol. The Morgan fingerprint density at radius 3 is 1.44 bits per heavy atom. The number of ether oxygens (including phenoxy) is 13. The molecule has 6 heterocycles. The zero-order valence-corrected chi connectivity index (χ0v) is 58.3. The topological polar surface area (TPSA) is 374 Å². The second-order valence-electron chi connectivity index (χ2n) is 27.7. The van der Waals surface area contributed by atoms with Gasteiger partial charge in [-0.2, -0.15) is 0 Å². The van der Waals surface area contributed by atoms with Crippen LogP contribution in [-0.2, 0) is 76.0 Å². The number of fused-ring (bicyclic) bond motifs is 2. The molecule has 0 radical (unpaired) electrons. The smallest absolute Gasteiger partial charge is 0.306 e. The summed E-state index contributed by atoms with van der Waals surface area (Å²) < 4.78 is 82.4. The number of aliphatic hydroxyl groups excluding tert-OH is 10. The summed E-state index contributed by atoms with van der Waals surface area (Å²) in [4.78, 5) is 41.6. The van der Waals surface area contributed by atoms with Crippen LogP contribution >= 0.6 is 0 Å². The van der Waals surface area contributed by atoms with Crippen molar-refractivity contribution in [3.8, 4) is 0 Å². The largest absolute Gasteiger partial charge is 0.457 e. The van der Waals surface area contributed by atoms with Crippen LogP contribution in [0.3, 0.4) is 0 Å². The highest BCUT2D eigenvalue weighted by Crippen LogP contribution is 2.40. The van der Waals surface area contributed by atoms with Gasteiger partial charge in [-0.25, -0.2) is 0 Å². The molecule has 6 rings (SSSR count). The SMILES string of the molecule is CCCCCCCCCCCC(=O)O[C@@H]1[C@@H](O)[C@@H](O)[C@H](O[C@@H]2[C@@H](O[C@@H]3O[C@H](CO)[C@@H](O)[C@H](O)[C@H]3O)[C@@H](OC(=O)CCCCCCCCCCC)[C@H](O[C@@H]3[C@@H](O)[C@H]4OC(=O)CCCCCCCCC[C@H](CCCCC)O[C@@H]5O[C@H](CO)[C@@H](O)[C@H](O)[C@H]5O[C@@H]4O[C@H]3C)O[C@H]2C)O[C@H]1C. The first-order valence-electron chi connectivity index (χ1n) is 37.1. The quantitative estimate of drug-likeness (QED) is 0.0196. The van der Waals surface area contributed by atoms with Gasteiger partial charge in [0.05, 0.1) is 37.6 Å². The lowest BCUT2D eigenvalue weighted by Gasteiger charge is -2.51. The number of aliphatic hydroxyl groups is 10. The van der Waals surface area contributed by atoms with Crippen LogP contribution in [0.25, 0.3) is 0 Å². The fourth-order valence-electron chi connectivity index (χ4n) is 13.8. The van der Waals surface area contributed by atoms with Gasteiger partial charge < -0.3 is 113 Å². The average molecular weight is 1380 g/mol. The van der Waals surface area contributed by atoms with Gasteiger partial charge in [0.1, 0.15) is 85.5 Å². The predicted octanol–water partition coefficient (Wildman–Crippen LogP) is 6.15. The molecule has 6 saturated heterocycles. The molecule has 26 nitrogen and oxygen atoms in total. The normalized spacial score (nSPS) is 38.5. The second kappa shape index (κ2) is 44.2. The van der Waals surface area contributed by atoms with Crippen LogP contribution in [-0.4, -0.2) is 242 Å². The molecule has 6 aliphatic rings. The molecule has 26 heteroatoms. The minimum atomic E-state index is -2.03. The van der Waals surface area contributed by atoms with Gasteiger partial charge in [0.25, 0.3) is 0 Å². The molecule has 0 spiro atoms. The Labute approximate surface area is 569 Å².